The van der Waals surface area contributed by atoms with Crippen molar-refractivity contribution >= 4 is 17.6 Å². The molecule has 2 nitrogen and oxygen atoms in total. The quantitative estimate of drug-likeness (QED) is 0.848. The Morgan fingerprint density at radius 3 is 2.29 bits per heavy atom. The summed E-state index contributed by atoms with van der Waals surface area (Å²) in [6.45, 7) is 2.33. The molecule has 2 fully saturated rings. The Morgan fingerprint density at radius 1 is 0.905 bits per heavy atom. The first-order valence-corrected chi connectivity index (χ1v) is 8.66. The van der Waals surface area contributed by atoms with Gasteiger partial charge in [0.25, 0.3) is 0 Å². The SMILES string of the molecule is c1ccc(S[C@H]2[C@@H]3CC[C@H]2CN(c2ccccn2)C3)cc1. The van der Waals surface area contributed by atoms with Gasteiger partial charge >= 0.3 is 0 Å². The van der Waals surface area contributed by atoms with Crippen molar-refractivity contribution in [3.05, 3.63) is 54.7 Å². The summed E-state index contributed by atoms with van der Waals surface area (Å²) < 4.78 is 0. The molecule has 0 radical (unpaired) electrons. The van der Waals surface area contributed by atoms with Gasteiger partial charge < -0.3 is 4.90 Å². The van der Waals surface area contributed by atoms with Crippen LogP contribution in [0.3, 0.4) is 0 Å². The molecule has 1 saturated heterocycles. The zero-order valence-electron chi connectivity index (χ0n) is 12.1. The molecule has 1 aliphatic carbocycles. The van der Waals surface area contributed by atoms with Crippen LogP contribution in [0.2, 0.25) is 0 Å². The summed E-state index contributed by atoms with van der Waals surface area (Å²) in [5, 5.41) is 0.785. The van der Waals surface area contributed by atoms with Crippen LogP contribution in [0.5, 0.6) is 0 Å². The van der Waals surface area contributed by atoms with Gasteiger partial charge in [0.2, 0.25) is 0 Å². The first-order valence-electron chi connectivity index (χ1n) is 7.78. The minimum atomic E-state index is 0.785. The maximum atomic E-state index is 4.53. The third-order valence-electron chi connectivity index (χ3n) is 4.74. The van der Waals surface area contributed by atoms with Gasteiger partial charge in [0.15, 0.2) is 0 Å². The second-order valence-corrected chi connectivity index (χ2v) is 7.34. The second kappa shape index (κ2) is 5.72. The summed E-state index contributed by atoms with van der Waals surface area (Å²) in [5.74, 6) is 2.75. The standard InChI is InChI=1S/C18H20N2S/c1-2-6-16(7-3-1)21-18-14-9-10-15(18)13-20(12-14)17-8-4-5-11-19-17/h1-8,11,14-15,18H,9-10,12-13H2/t14-,15+,18+. The van der Waals surface area contributed by atoms with E-state index in [1.807, 2.05) is 12.3 Å². The van der Waals surface area contributed by atoms with Gasteiger partial charge in [-0.1, -0.05) is 24.3 Å². The number of benzene rings is 1. The lowest BCUT2D eigenvalue weighted by Gasteiger charge is -2.38. The minimum absolute atomic E-state index is 0.785. The molecule has 108 valence electrons. The van der Waals surface area contributed by atoms with E-state index in [1.54, 1.807) is 0 Å². The number of anilines is 1. The number of hydrogen-bond donors (Lipinski definition) is 0. The van der Waals surface area contributed by atoms with E-state index in [1.165, 1.54) is 17.7 Å². The highest BCUT2D eigenvalue weighted by molar-refractivity contribution is 8.00. The zero-order valence-corrected chi connectivity index (χ0v) is 12.9. The molecule has 3 heteroatoms. The molecule has 1 aromatic carbocycles. The van der Waals surface area contributed by atoms with Crippen molar-refractivity contribution in [3.8, 4) is 0 Å². The lowest BCUT2D eigenvalue weighted by atomic mass is 9.98. The zero-order chi connectivity index (χ0) is 14.1. The first-order chi connectivity index (χ1) is 10.4. The predicted octanol–water partition coefficient (Wildman–Crippen LogP) is 4.09. The van der Waals surface area contributed by atoms with Gasteiger partial charge in [0, 0.05) is 29.4 Å². The molecule has 0 unspecified atom stereocenters. The van der Waals surface area contributed by atoms with Crippen molar-refractivity contribution in [1.29, 1.82) is 0 Å². The Labute approximate surface area is 130 Å². The molecule has 21 heavy (non-hydrogen) atoms. The summed E-state index contributed by atoms with van der Waals surface area (Å²) in [7, 11) is 0. The average Bonchev–Trinajstić information content (AvgIpc) is 2.78. The molecule has 4 rings (SSSR count). The van der Waals surface area contributed by atoms with E-state index in [9.17, 15) is 0 Å². The number of fused-ring (bicyclic) bond motifs is 2. The summed E-state index contributed by atoms with van der Waals surface area (Å²) in [6, 6.07) is 17.1. The van der Waals surface area contributed by atoms with Crippen molar-refractivity contribution in [1.82, 2.24) is 4.98 Å². The molecule has 0 amide bonds. The molecular formula is C18H20N2S. The smallest absolute Gasteiger partial charge is 0.128 e. The van der Waals surface area contributed by atoms with Crippen molar-refractivity contribution in [2.75, 3.05) is 18.0 Å². The van der Waals surface area contributed by atoms with Gasteiger partial charge in [-0.05, 0) is 48.9 Å². The monoisotopic (exact) mass is 296 g/mol. The van der Waals surface area contributed by atoms with Crippen LogP contribution >= 0.6 is 11.8 Å². The predicted molar refractivity (Wildman–Crippen MR) is 88.8 cm³/mol. The summed E-state index contributed by atoms with van der Waals surface area (Å²) >= 11 is 2.09. The van der Waals surface area contributed by atoms with Crippen molar-refractivity contribution < 1.29 is 0 Å². The fourth-order valence-electron chi connectivity index (χ4n) is 3.75. The third kappa shape index (κ3) is 2.67. The highest BCUT2D eigenvalue weighted by Gasteiger charge is 2.42. The molecule has 0 N–H and O–H groups in total. The van der Waals surface area contributed by atoms with Crippen molar-refractivity contribution in [2.45, 2.75) is 23.0 Å². The number of pyridine rings is 1. The molecular weight excluding hydrogens is 276 g/mol. The minimum Gasteiger partial charge on any atom is -0.356 e. The summed E-state index contributed by atoms with van der Waals surface area (Å²) in [5.41, 5.74) is 0. The Bertz CT molecular complexity index is 573. The van der Waals surface area contributed by atoms with Crippen molar-refractivity contribution in [2.24, 2.45) is 11.8 Å². The molecule has 2 aliphatic rings. The Kier molecular flexibility index (Phi) is 3.60. The van der Waals surface area contributed by atoms with Crippen LogP contribution in [0.1, 0.15) is 12.8 Å². The number of nitrogens with zero attached hydrogens (tertiary/aromatic N) is 2. The molecule has 2 heterocycles. The lowest BCUT2D eigenvalue weighted by molar-refractivity contribution is 0.433. The van der Waals surface area contributed by atoms with E-state index in [2.05, 4.69) is 64.1 Å². The van der Waals surface area contributed by atoms with Gasteiger partial charge in [-0.25, -0.2) is 4.98 Å². The summed E-state index contributed by atoms with van der Waals surface area (Å²) in [4.78, 5) is 8.44. The number of thioether (sulfide) groups is 1. The molecule has 0 spiro atoms. The van der Waals surface area contributed by atoms with Crippen LogP contribution in [0.25, 0.3) is 0 Å². The average molecular weight is 296 g/mol. The van der Waals surface area contributed by atoms with E-state index in [-0.39, 0.29) is 0 Å². The summed E-state index contributed by atoms with van der Waals surface area (Å²) in [6.07, 6.45) is 4.65. The van der Waals surface area contributed by atoms with Gasteiger partial charge in [0.05, 0.1) is 0 Å². The van der Waals surface area contributed by atoms with Gasteiger partial charge in [-0.3, -0.25) is 0 Å². The third-order valence-corrected chi connectivity index (χ3v) is 6.32. The van der Waals surface area contributed by atoms with Crippen LogP contribution in [-0.4, -0.2) is 23.3 Å². The number of rotatable bonds is 3. The highest BCUT2D eigenvalue weighted by atomic mass is 32.2. The fraction of sp³-hybridized carbons (Fsp3) is 0.389. The molecule has 2 bridgehead atoms. The Morgan fingerprint density at radius 2 is 1.62 bits per heavy atom. The number of aromatic nitrogens is 1. The highest BCUT2D eigenvalue weighted by Crippen LogP contribution is 2.46. The molecule has 1 saturated carbocycles. The van der Waals surface area contributed by atoms with Crippen molar-refractivity contribution in [3.63, 3.8) is 0 Å². The van der Waals surface area contributed by atoms with E-state index >= 15 is 0 Å². The van der Waals surface area contributed by atoms with Crippen LogP contribution < -0.4 is 4.90 Å². The largest absolute Gasteiger partial charge is 0.356 e. The van der Waals surface area contributed by atoms with Gasteiger partial charge in [-0.15, -0.1) is 11.8 Å². The normalized spacial score (nSPS) is 27.8. The van der Waals surface area contributed by atoms with Crippen LogP contribution in [0.4, 0.5) is 5.82 Å². The van der Waals surface area contributed by atoms with E-state index in [0.29, 0.717) is 0 Å². The second-order valence-electron chi connectivity index (χ2n) is 6.09. The van der Waals surface area contributed by atoms with Crippen LogP contribution in [-0.2, 0) is 0 Å². The van der Waals surface area contributed by atoms with E-state index in [0.717, 1.165) is 36.0 Å². The maximum Gasteiger partial charge on any atom is 0.128 e. The Hall–Kier alpha value is -1.48. The van der Waals surface area contributed by atoms with E-state index in [4.69, 9.17) is 0 Å². The first kappa shape index (κ1) is 13.2. The number of hydrogen-bond acceptors (Lipinski definition) is 3. The van der Waals surface area contributed by atoms with Crippen LogP contribution in [0, 0.1) is 11.8 Å². The van der Waals surface area contributed by atoms with E-state index < -0.39 is 0 Å². The Balaban J connectivity index is 1.49. The van der Waals surface area contributed by atoms with Gasteiger partial charge in [-0.2, -0.15) is 0 Å². The maximum absolute atomic E-state index is 4.53. The van der Waals surface area contributed by atoms with Crippen LogP contribution in [0.15, 0.2) is 59.6 Å². The fourth-order valence-corrected chi connectivity index (χ4v) is 5.21. The van der Waals surface area contributed by atoms with Gasteiger partial charge in [0.1, 0.15) is 5.82 Å². The topological polar surface area (TPSA) is 16.1 Å². The number of piperidine rings is 1. The molecule has 1 aromatic heterocycles. The molecule has 2 aromatic rings. The lowest BCUT2D eigenvalue weighted by Crippen LogP contribution is -2.43. The molecule has 1 aliphatic heterocycles. The molecule has 3 atom stereocenters.